The van der Waals surface area contributed by atoms with Crippen molar-refractivity contribution in [2.75, 3.05) is 14.1 Å². The molecule has 0 bridgehead atoms. The van der Waals surface area contributed by atoms with Crippen molar-refractivity contribution in [3.8, 4) is 0 Å². The van der Waals surface area contributed by atoms with Crippen LogP contribution in [-0.4, -0.2) is 30.6 Å². The minimum absolute atomic E-state index is 0.0314. The first kappa shape index (κ1) is 10.9. The number of nitrogens with zero attached hydrogens (tertiary/aromatic N) is 1. The van der Waals surface area contributed by atoms with Gasteiger partial charge in [-0.2, -0.15) is 0 Å². The third kappa shape index (κ3) is 1.32. The maximum Gasteiger partial charge on any atom is 0.137 e. The fraction of sp³-hybridized carbons (Fsp3) is 0.917. The van der Waals surface area contributed by atoms with Gasteiger partial charge < -0.3 is 10.1 Å². The van der Waals surface area contributed by atoms with Crippen molar-refractivity contribution >= 4 is 5.71 Å². The van der Waals surface area contributed by atoms with Gasteiger partial charge in [-0.25, -0.2) is 0 Å². The van der Waals surface area contributed by atoms with Gasteiger partial charge in [0.15, 0.2) is 0 Å². The molecule has 0 aromatic heterocycles. The van der Waals surface area contributed by atoms with Gasteiger partial charge in [0.2, 0.25) is 0 Å². The first-order chi connectivity index (χ1) is 6.84. The van der Waals surface area contributed by atoms with Crippen LogP contribution in [0.4, 0.5) is 0 Å². The SMILES string of the molecule is C[NH+](C)C1(C)CC2C(CC1=NO)C2(C)C. The van der Waals surface area contributed by atoms with Gasteiger partial charge in [0.25, 0.3) is 0 Å². The lowest BCUT2D eigenvalue weighted by atomic mass is 9.80. The van der Waals surface area contributed by atoms with E-state index in [1.54, 1.807) is 0 Å². The summed E-state index contributed by atoms with van der Waals surface area (Å²) < 4.78 is 0. The van der Waals surface area contributed by atoms with Crippen LogP contribution >= 0.6 is 0 Å². The summed E-state index contributed by atoms with van der Waals surface area (Å²) in [4.78, 5) is 1.37. The van der Waals surface area contributed by atoms with Gasteiger partial charge >= 0.3 is 0 Å². The molecule has 3 unspecified atom stereocenters. The van der Waals surface area contributed by atoms with Crippen molar-refractivity contribution < 1.29 is 10.1 Å². The molecule has 86 valence electrons. The average molecular weight is 211 g/mol. The summed E-state index contributed by atoms with van der Waals surface area (Å²) in [5, 5.41) is 12.7. The first-order valence-corrected chi connectivity index (χ1v) is 5.86. The lowest BCUT2D eigenvalue weighted by molar-refractivity contribution is -0.901. The monoisotopic (exact) mass is 211 g/mol. The second-order valence-corrected chi connectivity index (χ2v) is 6.32. The largest absolute Gasteiger partial charge is 0.411 e. The lowest BCUT2D eigenvalue weighted by Gasteiger charge is -2.36. The van der Waals surface area contributed by atoms with Crippen molar-refractivity contribution in [2.45, 2.75) is 39.2 Å². The van der Waals surface area contributed by atoms with Crippen molar-refractivity contribution in [3.05, 3.63) is 0 Å². The molecule has 0 aliphatic heterocycles. The summed E-state index contributed by atoms with van der Waals surface area (Å²) >= 11 is 0. The summed E-state index contributed by atoms with van der Waals surface area (Å²) in [7, 11) is 4.31. The van der Waals surface area contributed by atoms with Gasteiger partial charge in [-0.05, 0) is 30.6 Å². The van der Waals surface area contributed by atoms with Crippen molar-refractivity contribution in [3.63, 3.8) is 0 Å². The quantitative estimate of drug-likeness (QED) is 0.488. The summed E-state index contributed by atoms with van der Waals surface area (Å²) in [5.74, 6) is 1.57. The first-order valence-electron chi connectivity index (χ1n) is 5.86. The van der Waals surface area contributed by atoms with E-state index in [2.05, 4.69) is 40.0 Å². The van der Waals surface area contributed by atoms with Gasteiger partial charge in [-0.15, -0.1) is 0 Å². The zero-order chi connectivity index (χ0) is 11.4. The molecule has 3 heteroatoms. The van der Waals surface area contributed by atoms with E-state index in [1.165, 1.54) is 4.90 Å². The number of hydrogen-bond acceptors (Lipinski definition) is 2. The Labute approximate surface area is 92.1 Å². The Balaban J connectivity index is 2.27. The molecule has 0 aromatic carbocycles. The highest BCUT2D eigenvalue weighted by Crippen LogP contribution is 2.65. The minimum Gasteiger partial charge on any atom is -0.411 e. The Morgan fingerprint density at radius 1 is 1.27 bits per heavy atom. The molecule has 3 nitrogen and oxygen atoms in total. The molecule has 0 aromatic rings. The summed E-state index contributed by atoms with van der Waals surface area (Å²) in [6.07, 6.45) is 2.14. The molecule has 0 amide bonds. The predicted molar refractivity (Wildman–Crippen MR) is 60.4 cm³/mol. The standard InChI is InChI=1S/C12H22N2O/c1-11(2)8-6-10(13-15)12(3,14(4)5)7-9(8)11/h8-9,15H,6-7H2,1-5H3/p+1. The predicted octanol–water partition coefficient (Wildman–Crippen LogP) is 0.786. The maximum atomic E-state index is 9.16. The normalized spacial score (nSPS) is 45.6. The molecule has 3 atom stereocenters. The molecular formula is C12H23N2O+. The fourth-order valence-corrected chi connectivity index (χ4v) is 3.30. The minimum atomic E-state index is 0.0314. The number of quaternary nitrogens is 1. The zero-order valence-corrected chi connectivity index (χ0v) is 10.5. The van der Waals surface area contributed by atoms with Crippen LogP contribution in [0.3, 0.4) is 0 Å². The highest BCUT2D eigenvalue weighted by atomic mass is 16.4. The molecule has 0 spiro atoms. The van der Waals surface area contributed by atoms with Crippen LogP contribution < -0.4 is 4.90 Å². The summed E-state index contributed by atoms with van der Waals surface area (Å²) in [6.45, 7) is 6.91. The second-order valence-electron chi connectivity index (χ2n) is 6.32. The Morgan fingerprint density at radius 3 is 2.33 bits per heavy atom. The summed E-state index contributed by atoms with van der Waals surface area (Å²) in [6, 6.07) is 0. The molecule has 0 radical (unpaired) electrons. The highest BCUT2D eigenvalue weighted by Gasteiger charge is 2.65. The van der Waals surface area contributed by atoms with E-state index >= 15 is 0 Å². The average Bonchev–Trinajstić information content (AvgIpc) is 2.66. The van der Waals surface area contributed by atoms with Gasteiger partial charge in [0.05, 0.1) is 14.1 Å². The van der Waals surface area contributed by atoms with Crippen LogP contribution in [0.2, 0.25) is 0 Å². The van der Waals surface area contributed by atoms with Crippen LogP contribution in [-0.2, 0) is 0 Å². The maximum absolute atomic E-state index is 9.16. The van der Waals surface area contributed by atoms with E-state index in [1.807, 2.05) is 0 Å². The van der Waals surface area contributed by atoms with Crippen LogP contribution in [0.15, 0.2) is 5.16 Å². The zero-order valence-electron chi connectivity index (χ0n) is 10.5. The molecule has 0 heterocycles. The van der Waals surface area contributed by atoms with Crippen LogP contribution in [0.25, 0.3) is 0 Å². The smallest absolute Gasteiger partial charge is 0.137 e. The van der Waals surface area contributed by atoms with E-state index in [9.17, 15) is 0 Å². The Morgan fingerprint density at radius 2 is 1.87 bits per heavy atom. The number of fused-ring (bicyclic) bond motifs is 1. The van der Waals surface area contributed by atoms with Gasteiger partial charge in [0, 0.05) is 6.42 Å². The Bertz CT molecular complexity index is 309. The van der Waals surface area contributed by atoms with Crippen molar-refractivity contribution in [2.24, 2.45) is 22.4 Å². The Kier molecular flexibility index (Phi) is 2.16. The van der Waals surface area contributed by atoms with E-state index in [4.69, 9.17) is 5.21 Å². The van der Waals surface area contributed by atoms with Crippen LogP contribution in [0, 0.1) is 17.3 Å². The topological polar surface area (TPSA) is 37.0 Å². The molecule has 15 heavy (non-hydrogen) atoms. The highest BCUT2D eigenvalue weighted by molar-refractivity contribution is 5.93. The Hall–Kier alpha value is -0.570. The van der Waals surface area contributed by atoms with Crippen LogP contribution in [0.1, 0.15) is 33.6 Å². The molecule has 2 aliphatic rings. The molecule has 2 N–H and O–H groups in total. The third-order valence-electron chi connectivity index (χ3n) is 5.19. The van der Waals surface area contributed by atoms with Crippen molar-refractivity contribution in [1.29, 1.82) is 0 Å². The molecule has 0 saturated heterocycles. The molecule has 2 aliphatic carbocycles. The van der Waals surface area contributed by atoms with E-state index in [0.717, 1.165) is 30.4 Å². The van der Waals surface area contributed by atoms with E-state index in [-0.39, 0.29) is 5.54 Å². The molecular weight excluding hydrogens is 188 g/mol. The fourth-order valence-electron chi connectivity index (χ4n) is 3.30. The third-order valence-corrected chi connectivity index (χ3v) is 5.19. The van der Waals surface area contributed by atoms with Gasteiger partial charge in [-0.1, -0.05) is 19.0 Å². The number of hydrogen-bond donors (Lipinski definition) is 2. The lowest BCUT2D eigenvalue weighted by Crippen LogP contribution is -3.16. The number of nitrogens with one attached hydrogen (secondary N) is 1. The van der Waals surface area contributed by atoms with Gasteiger partial charge in [-0.3, -0.25) is 0 Å². The van der Waals surface area contributed by atoms with Crippen LogP contribution in [0.5, 0.6) is 0 Å². The van der Waals surface area contributed by atoms with Crippen molar-refractivity contribution in [1.82, 2.24) is 0 Å². The van der Waals surface area contributed by atoms with E-state index in [0.29, 0.717) is 5.41 Å². The summed E-state index contributed by atoms with van der Waals surface area (Å²) in [5.41, 5.74) is 1.49. The molecule has 2 fully saturated rings. The van der Waals surface area contributed by atoms with Gasteiger partial charge in [0.1, 0.15) is 11.3 Å². The number of oxime groups is 1. The second kappa shape index (κ2) is 2.97. The number of rotatable bonds is 1. The molecule has 2 rings (SSSR count). The molecule has 2 saturated carbocycles. The van der Waals surface area contributed by atoms with E-state index < -0.39 is 0 Å².